The molecule has 4 aliphatic carbocycles. The summed E-state index contributed by atoms with van der Waals surface area (Å²) < 4.78 is 17.3. The van der Waals surface area contributed by atoms with Crippen LogP contribution >= 0.6 is 0 Å². The number of carbonyl (C=O) groups excluding carboxylic acids is 2. The van der Waals surface area contributed by atoms with E-state index in [9.17, 15) is 24.9 Å². The third-order valence-corrected chi connectivity index (χ3v) is 11.7. The monoisotopic (exact) mass is 504 g/mol. The lowest BCUT2D eigenvalue weighted by molar-refractivity contribution is -0.213. The molecule has 1 spiro atoms. The predicted octanol–water partition coefficient (Wildman–Crippen LogP) is 1.93. The van der Waals surface area contributed by atoms with Crippen LogP contribution in [0.2, 0.25) is 0 Å². The van der Waals surface area contributed by atoms with E-state index < -0.39 is 29.4 Å². The Kier molecular flexibility index (Phi) is 5.61. The van der Waals surface area contributed by atoms with Crippen LogP contribution in [0.5, 0.6) is 0 Å². The second kappa shape index (κ2) is 8.09. The zero-order chi connectivity index (χ0) is 25.8. The van der Waals surface area contributed by atoms with Gasteiger partial charge >= 0.3 is 5.97 Å². The minimum Gasteiger partial charge on any atom is -0.458 e. The van der Waals surface area contributed by atoms with E-state index in [1.54, 1.807) is 0 Å². The van der Waals surface area contributed by atoms with E-state index in [1.165, 1.54) is 7.11 Å². The minimum absolute atomic E-state index is 0.00650. The van der Waals surface area contributed by atoms with Crippen molar-refractivity contribution in [3.63, 3.8) is 0 Å². The Morgan fingerprint density at radius 1 is 1.17 bits per heavy atom. The van der Waals surface area contributed by atoms with Gasteiger partial charge in [-0.15, -0.1) is 0 Å². The number of hydrogen-bond acceptors (Lipinski definition) is 8. The highest BCUT2D eigenvalue weighted by molar-refractivity contribution is 5.92. The van der Waals surface area contributed by atoms with Crippen molar-refractivity contribution < 1.29 is 39.1 Å². The van der Waals surface area contributed by atoms with E-state index >= 15 is 0 Å². The molecular formula is C28H40O8. The maximum Gasteiger partial charge on any atom is 0.336 e. The number of carbonyl (C=O) groups is 2. The van der Waals surface area contributed by atoms with Crippen molar-refractivity contribution in [2.24, 2.45) is 35.0 Å². The number of Topliss-reactive ketones (excluding diaryl/α,β-unsaturated/α-hetero) is 1. The van der Waals surface area contributed by atoms with E-state index in [0.29, 0.717) is 30.3 Å². The van der Waals surface area contributed by atoms with Gasteiger partial charge in [0, 0.05) is 25.9 Å². The number of methoxy groups -OCH3 is 1. The molecule has 0 bridgehead atoms. The van der Waals surface area contributed by atoms with Gasteiger partial charge in [-0.25, -0.2) is 4.79 Å². The maximum atomic E-state index is 13.4. The molecule has 1 saturated heterocycles. The van der Waals surface area contributed by atoms with Crippen molar-refractivity contribution in [3.05, 3.63) is 11.1 Å². The van der Waals surface area contributed by atoms with Crippen LogP contribution in [0, 0.1) is 35.0 Å². The smallest absolute Gasteiger partial charge is 0.336 e. The fourth-order valence-electron chi connectivity index (χ4n) is 9.79. The van der Waals surface area contributed by atoms with Gasteiger partial charge in [0.15, 0.2) is 17.0 Å². The fourth-order valence-corrected chi connectivity index (χ4v) is 9.79. The lowest BCUT2D eigenvalue weighted by Crippen LogP contribution is -2.73. The summed E-state index contributed by atoms with van der Waals surface area (Å²) in [4.78, 5) is 25.9. The number of hydrogen-bond donors (Lipinski definition) is 3. The molecule has 3 N–H and O–H groups in total. The standard InChI is InChI=1S/C28H40O8/c1-13-9-20(35-25(32)16(13)12-29)14(2)17-5-6-18-15-10-23-28(36-23)24(31)21(34-4)11-22(30)27(28,33)19(15)7-8-26(17,18)3/h14-15,17-21,23-24,29,31,33H,5-12H2,1-4H3. The predicted molar refractivity (Wildman–Crippen MR) is 128 cm³/mol. The van der Waals surface area contributed by atoms with Crippen LogP contribution in [-0.2, 0) is 23.8 Å². The molecular weight excluding hydrogens is 464 g/mol. The molecule has 4 saturated carbocycles. The molecule has 0 aromatic rings. The topological polar surface area (TPSA) is 126 Å². The van der Waals surface area contributed by atoms with Gasteiger partial charge in [0.2, 0.25) is 0 Å². The molecule has 6 rings (SSSR count). The van der Waals surface area contributed by atoms with Gasteiger partial charge < -0.3 is 29.5 Å². The first kappa shape index (κ1) is 25.0. The minimum atomic E-state index is -1.67. The highest BCUT2D eigenvalue weighted by Gasteiger charge is 2.84. The van der Waals surface area contributed by atoms with Gasteiger partial charge in [0.25, 0.3) is 0 Å². The largest absolute Gasteiger partial charge is 0.458 e. The van der Waals surface area contributed by atoms with E-state index in [-0.39, 0.29) is 54.2 Å². The summed E-state index contributed by atoms with van der Waals surface area (Å²) in [7, 11) is 1.49. The van der Waals surface area contributed by atoms with E-state index in [0.717, 1.165) is 31.3 Å². The molecule has 8 nitrogen and oxygen atoms in total. The van der Waals surface area contributed by atoms with Crippen molar-refractivity contribution >= 4 is 11.8 Å². The molecule has 12 unspecified atom stereocenters. The zero-order valence-corrected chi connectivity index (χ0v) is 21.7. The van der Waals surface area contributed by atoms with Crippen LogP contribution in [0.3, 0.4) is 0 Å². The summed E-state index contributed by atoms with van der Waals surface area (Å²) >= 11 is 0. The number of epoxide rings is 1. The molecule has 0 amide bonds. The van der Waals surface area contributed by atoms with Crippen molar-refractivity contribution in [2.75, 3.05) is 13.7 Å². The van der Waals surface area contributed by atoms with Gasteiger partial charge in [-0.05, 0) is 68.1 Å². The third kappa shape index (κ3) is 2.94. The molecule has 2 heterocycles. The number of ether oxygens (including phenoxy) is 3. The molecule has 2 aliphatic heterocycles. The van der Waals surface area contributed by atoms with Gasteiger partial charge in [0.1, 0.15) is 12.2 Å². The summed E-state index contributed by atoms with van der Waals surface area (Å²) in [6, 6.07) is 0. The highest BCUT2D eigenvalue weighted by Crippen LogP contribution is 2.71. The quantitative estimate of drug-likeness (QED) is 0.392. The van der Waals surface area contributed by atoms with Crippen LogP contribution in [0.1, 0.15) is 65.7 Å². The average molecular weight is 505 g/mol. The first-order valence-corrected chi connectivity index (χ1v) is 13.7. The molecule has 0 aromatic carbocycles. The number of esters is 1. The Labute approximate surface area is 212 Å². The van der Waals surface area contributed by atoms with Crippen LogP contribution < -0.4 is 0 Å². The lowest BCUT2D eigenvalue weighted by Gasteiger charge is -2.58. The van der Waals surface area contributed by atoms with Gasteiger partial charge in [-0.3, -0.25) is 4.79 Å². The number of aliphatic hydroxyl groups excluding tert-OH is 2. The molecule has 12 atom stereocenters. The zero-order valence-electron chi connectivity index (χ0n) is 21.7. The normalized spacial score (nSPS) is 52.6. The van der Waals surface area contributed by atoms with Crippen molar-refractivity contribution in [1.82, 2.24) is 0 Å². The Bertz CT molecular complexity index is 1010. The summed E-state index contributed by atoms with van der Waals surface area (Å²) in [5, 5.41) is 32.7. The molecule has 0 aromatic heterocycles. The molecule has 8 heteroatoms. The highest BCUT2D eigenvalue weighted by atomic mass is 16.6. The Balaban J connectivity index is 1.26. The summed E-state index contributed by atoms with van der Waals surface area (Å²) in [6.45, 7) is 6.16. The number of ketones is 1. The van der Waals surface area contributed by atoms with Crippen LogP contribution in [-0.4, -0.2) is 76.4 Å². The Hall–Kier alpha value is -1.32. The van der Waals surface area contributed by atoms with Crippen molar-refractivity contribution in [3.8, 4) is 0 Å². The molecule has 5 fully saturated rings. The van der Waals surface area contributed by atoms with Gasteiger partial charge in [0.05, 0.1) is 24.4 Å². The van der Waals surface area contributed by atoms with Gasteiger partial charge in [-0.1, -0.05) is 19.4 Å². The van der Waals surface area contributed by atoms with Crippen LogP contribution in [0.25, 0.3) is 0 Å². The van der Waals surface area contributed by atoms with Crippen molar-refractivity contribution in [2.45, 2.75) is 101 Å². The van der Waals surface area contributed by atoms with E-state index in [1.807, 2.05) is 6.92 Å². The first-order valence-electron chi connectivity index (χ1n) is 13.7. The second-order valence-electron chi connectivity index (χ2n) is 12.8. The van der Waals surface area contributed by atoms with E-state index in [4.69, 9.17) is 14.2 Å². The number of cyclic esters (lactones) is 1. The molecule has 6 aliphatic rings. The lowest BCUT2D eigenvalue weighted by atomic mass is 9.46. The summed E-state index contributed by atoms with van der Waals surface area (Å²) in [6.07, 6.45) is 2.83. The van der Waals surface area contributed by atoms with E-state index in [2.05, 4.69) is 13.8 Å². The van der Waals surface area contributed by atoms with Crippen LogP contribution in [0.15, 0.2) is 11.1 Å². The molecule has 200 valence electrons. The average Bonchev–Trinajstić information content (AvgIpc) is 3.47. The van der Waals surface area contributed by atoms with Gasteiger partial charge in [-0.2, -0.15) is 0 Å². The number of aliphatic hydroxyl groups is 3. The fraction of sp³-hybridized carbons (Fsp3) is 0.857. The Morgan fingerprint density at radius 3 is 2.58 bits per heavy atom. The Morgan fingerprint density at radius 2 is 1.92 bits per heavy atom. The molecule has 36 heavy (non-hydrogen) atoms. The SMILES string of the molecule is COC1CC(=O)C2(O)C3CCC4(C)C(C(C)C5CC(C)=C(CO)C(=O)O5)CCC4C3CC3OC32C1O. The third-order valence-electron chi connectivity index (χ3n) is 11.7. The van der Waals surface area contributed by atoms with Crippen molar-refractivity contribution in [1.29, 1.82) is 0 Å². The maximum absolute atomic E-state index is 13.4. The first-order chi connectivity index (χ1) is 17.0. The number of rotatable bonds is 4. The second-order valence-corrected chi connectivity index (χ2v) is 12.8. The number of fused-ring (bicyclic) bond motifs is 4. The van der Waals surface area contributed by atoms with Crippen LogP contribution in [0.4, 0.5) is 0 Å². The summed E-state index contributed by atoms with van der Waals surface area (Å²) in [5.74, 6) is 0.132. The summed E-state index contributed by atoms with van der Waals surface area (Å²) in [5.41, 5.74) is -1.59. The molecule has 0 radical (unpaired) electrons.